The average Bonchev–Trinajstić information content (AvgIpc) is 3.00. The SMILES string of the molecule is Cc1cnccc1CN1C[C@@H]2OCC(=O)N(c3ccccc3)[C@H]2C1. The number of nitrogens with zero attached hydrogens (tertiary/aromatic N) is 3. The zero-order valence-electron chi connectivity index (χ0n) is 13.8. The highest BCUT2D eigenvalue weighted by atomic mass is 16.5. The first-order valence-corrected chi connectivity index (χ1v) is 8.33. The molecule has 1 aromatic carbocycles. The number of carbonyl (C=O) groups is 1. The van der Waals surface area contributed by atoms with E-state index in [1.807, 2.05) is 47.6 Å². The number of likely N-dealkylation sites (tertiary alicyclic amines) is 1. The summed E-state index contributed by atoms with van der Waals surface area (Å²) < 4.78 is 5.82. The lowest BCUT2D eigenvalue weighted by Crippen LogP contribution is -2.54. The van der Waals surface area contributed by atoms with E-state index in [2.05, 4.69) is 22.9 Å². The Morgan fingerprint density at radius 1 is 1.21 bits per heavy atom. The van der Waals surface area contributed by atoms with Gasteiger partial charge in [0, 0.05) is 37.7 Å². The van der Waals surface area contributed by atoms with Crippen molar-refractivity contribution in [2.24, 2.45) is 0 Å². The summed E-state index contributed by atoms with van der Waals surface area (Å²) in [7, 11) is 0. The van der Waals surface area contributed by atoms with Crippen LogP contribution in [0.1, 0.15) is 11.1 Å². The molecule has 4 rings (SSSR count). The Hall–Kier alpha value is -2.24. The van der Waals surface area contributed by atoms with E-state index in [0.717, 1.165) is 25.3 Å². The van der Waals surface area contributed by atoms with Crippen molar-refractivity contribution in [3.8, 4) is 0 Å². The van der Waals surface area contributed by atoms with Gasteiger partial charge in [0.25, 0.3) is 5.91 Å². The zero-order valence-corrected chi connectivity index (χ0v) is 13.8. The van der Waals surface area contributed by atoms with Gasteiger partial charge < -0.3 is 9.64 Å². The molecule has 0 spiro atoms. The van der Waals surface area contributed by atoms with Gasteiger partial charge in [0.1, 0.15) is 6.61 Å². The van der Waals surface area contributed by atoms with Crippen LogP contribution in [0, 0.1) is 6.92 Å². The first kappa shape index (κ1) is 15.3. The molecule has 2 atom stereocenters. The van der Waals surface area contributed by atoms with E-state index in [0.29, 0.717) is 0 Å². The van der Waals surface area contributed by atoms with Crippen molar-refractivity contribution < 1.29 is 9.53 Å². The largest absolute Gasteiger partial charge is 0.365 e. The number of carbonyl (C=O) groups excluding carboxylic acids is 1. The van der Waals surface area contributed by atoms with E-state index in [1.165, 1.54) is 11.1 Å². The van der Waals surface area contributed by atoms with Crippen LogP contribution in [-0.2, 0) is 16.1 Å². The number of hydrogen-bond donors (Lipinski definition) is 0. The first-order valence-electron chi connectivity index (χ1n) is 8.33. The van der Waals surface area contributed by atoms with Crippen LogP contribution < -0.4 is 4.90 Å². The maximum Gasteiger partial charge on any atom is 0.253 e. The van der Waals surface area contributed by atoms with Crippen molar-refractivity contribution >= 4 is 11.6 Å². The molecule has 2 aliphatic rings. The second-order valence-corrected chi connectivity index (χ2v) is 6.51. The molecule has 2 aromatic rings. The molecule has 0 aliphatic carbocycles. The fraction of sp³-hybridized carbons (Fsp3) is 0.368. The number of anilines is 1. The number of morpholine rings is 1. The Morgan fingerprint density at radius 2 is 2.04 bits per heavy atom. The summed E-state index contributed by atoms with van der Waals surface area (Å²) in [5, 5.41) is 0. The molecular formula is C19H21N3O2. The number of fused-ring (bicyclic) bond motifs is 1. The number of rotatable bonds is 3. The van der Waals surface area contributed by atoms with Gasteiger partial charge in [-0.2, -0.15) is 0 Å². The lowest BCUT2D eigenvalue weighted by atomic mass is 10.1. The third kappa shape index (κ3) is 2.81. The molecule has 0 bridgehead atoms. The molecule has 1 amide bonds. The number of hydrogen-bond acceptors (Lipinski definition) is 4. The number of pyridine rings is 1. The van der Waals surface area contributed by atoms with E-state index < -0.39 is 0 Å². The van der Waals surface area contributed by atoms with Crippen LogP contribution in [-0.4, -0.2) is 47.6 Å². The predicted octanol–water partition coefficient (Wildman–Crippen LogP) is 2.01. The van der Waals surface area contributed by atoms with Crippen LogP contribution in [0.15, 0.2) is 48.8 Å². The van der Waals surface area contributed by atoms with Gasteiger partial charge in [0.05, 0.1) is 12.1 Å². The van der Waals surface area contributed by atoms with Gasteiger partial charge in [-0.3, -0.25) is 14.7 Å². The normalized spacial score (nSPS) is 24.2. The summed E-state index contributed by atoms with van der Waals surface area (Å²) in [4.78, 5) is 20.9. The van der Waals surface area contributed by atoms with Gasteiger partial charge in [-0.05, 0) is 36.2 Å². The minimum atomic E-state index is 0.0457. The van der Waals surface area contributed by atoms with E-state index in [1.54, 1.807) is 0 Å². The smallest absolute Gasteiger partial charge is 0.253 e. The highest BCUT2D eigenvalue weighted by Gasteiger charge is 2.43. The van der Waals surface area contributed by atoms with Crippen LogP contribution in [0.4, 0.5) is 5.69 Å². The minimum Gasteiger partial charge on any atom is -0.365 e. The molecule has 2 saturated heterocycles. The van der Waals surface area contributed by atoms with Crippen molar-refractivity contribution in [3.63, 3.8) is 0 Å². The quantitative estimate of drug-likeness (QED) is 0.867. The maximum atomic E-state index is 12.4. The molecule has 124 valence electrons. The fourth-order valence-electron chi connectivity index (χ4n) is 3.65. The number of ether oxygens (including phenoxy) is 1. The fourth-order valence-corrected chi connectivity index (χ4v) is 3.65. The molecule has 5 nitrogen and oxygen atoms in total. The summed E-state index contributed by atoms with van der Waals surface area (Å²) in [6.07, 6.45) is 3.81. The van der Waals surface area contributed by atoms with E-state index in [9.17, 15) is 4.79 Å². The number of para-hydroxylation sites is 1. The molecule has 3 heterocycles. The first-order chi connectivity index (χ1) is 11.7. The molecule has 0 unspecified atom stereocenters. The van der Waals surface area contributed by atoms with Gasteiger partial charge >= 0.3 is 0 Å². The third-order valence-electron chi connectivity index (χ3n) is 4.90. The predicted molar refractivity (Wildman–Crippen MR) is 91.7 cm³/mol. The molecule has 0 N–H and O–H groups in total. The molecule has 24 heavy (non-hydrogen) atoms. The van der Waals surface area contributed by atoms with Crippen molar-refractivity contribution in [3.05, 3.63) is 59.9 Å². The Balaban J connectivity index is 1.54. The molecule has 2 aliphatic heterocycles. The molecule has 0 saturated carbocycles. The molecular weight excluding hydrogens is 302 g/mol. The van der Waals surface area contributed by atoms with Crippen LogP contribution in [0.3, 0.4) is 0 Å². The van der Waals surface area contributed by atoms with Crippen LogP contribution in [0.5, 0.6) is 0 Å². The second kappa shape index (κ2) is 6.34. The van der Waals surface area contributed by atoms with Crippen molar-refractivity contribution in [2.75, 3.05) is 24.6 Å². The molecule has 5 heteroatoms. The van der Waals surface area contributed by atoms with Gasteiger partial charge in [-0.25, -0.2) is 0 Å². The second-order valence-electron chi connectivity index (χ2n) is 6.51. The lowest BCUT2D eigenvalue weighted by Gasteiger charge is -2.36. The van der Waals surface area contributed by atoms with Gasteiger partial charge in [-0.1, -0.05) is 18.2 Å². The Kier molecular flexibility index (Phi) is 4.04. The summed E-state index contributed by atoms with van der Waals surface area (Å²) in [6, 6.07) is 12.1. The number of aromatic nitrogens is 1. The third-order valence-corrected chi connectivity index (χ3v) is 4.90. The number of aryl methyl sites for hydroxylation is 1. The number of amides is 1. The van der Waals surface area contributed by atoms with Crippen LogP contribution >= 0.6 is 0 Å². The highest BCUT2D eigenvalue weighted by Crippen LogP contribution is 2.29. The molecule has 1 aromatic heterocycles. The Labute approximate surface area is 141 Å². The summed E-state index contributed by atoms with van der Waals surface area (Å²) in [5.74, 6) is 0.0457. The van der Waals surface area contributed by atoms with Crippen LogP contribution in [0.25, 0.3) is 0 Å². The standard InChI is InChI=1S/C19H21N3O2/c1-14-9-20-8-7-15(14)10-21-11-17-18(12-21)24-13-19(23)22(17)16-5-3-2-4-6-16/h2-9,17-18H,10-13H2,1H3/t17-,18-/m0/s1. The van der Waals surface area contributed by atoms with Crippen LogP contribution in [0.2, 0.25) is 0 Å². The Morgan fingerprint density at radius 3 is 2.83 bits per heavy atom. The van der Waals surface area contributed by atoms with Gasteiger partial charge in [-0.15, -0.1) is 0 Å². The maximum absolute atomic E-state index is 12.4. The van der Waals surface area contributed by atoms with Crippen molar-refractivity contribution in [1.29, 1.82) is 0 Å². The highest BCUT2D eigenvalue weighted by molar-refractivity contribution is 5.95. The summed E-state index contributed by atoms with van der Waals surface area (Å²) in [6.45, 7) is 4.79. The average molecular weight is 323 g/mol. The minimum absolute atomic E-state index is 0.0457. The lowest BCUT2D eigenvalue weighted by molar-refractivity contribution is -0.130. The van der Waals surface area contributed by atoms with Crippen molar-refractivity contribution in [1.82, 2.24) is 9.88 Å². The summed E-state index contributed by atoms with van der Waals surface area (Å²) >= 11 is 0. The van der Waals surface area contributed by atoms with Crippen molar-refractivity contribution in [2.45, 2.75) is 25.6 Å². The van der Waals surface area contributed by atoms with Gasteiger partial charge in [0.2, 0.25) is 0 Å². The molecule has 0 radical (unpaired) electrons. The Bertz CT molecular complexity index is 734. The number of benzene rings is 1. The van der Waals surface area contributed by atoms with Gasteiger partial charge in [0.15, 0.2) is 0 Å². The monoisotopic (exact) mass is 323 g/mol. The van der Waals surface area contributed by atoms with E-state index >= 15 is 0 Å². The molecule has 2 fully saturated rings. The zero-order chi connectivity index (χ0) is 16.5. The topological polar surface area (TPSA) is 45.7 Å². The van der Waals surface area contributed by atoms with E-state index in [4.69, 9.17) is 4.74 Å². The summed E-state index contributed by atoms with van der Waals surface area (Å²) in [5.41, 5.74) is 3.44. The van der Waals surface area contributed by atoms with E-state index in [-0.39, 0.29) is 24.7 Å².